The Labute approximate surface area is 63.0 Å². The van der Waals surface area contributed by atoms with Crippen molar-refractivity contribution < 1.29 is 0 Å². The first kappa shape index (κ1) is 8.02. The molecule has 2 nitrogen and oxygen atoms in total. The van der Waals surface area contributed by atoms with Gasteiger partial charge >= 0.3 is 0 Å². The number of hydrogen-bond donors (Lipinski definition) is 2. The maximum absolute atomic E-state index is 5.90. The summed E-state index contributed by atoms with van der Waals surface area (Å²) in [6.07, 6.45) is 3.61. The summed E-state index contributed by atoms with van der Waals surface area (Å²) in [5.41, 5.74) is 11.4. The molecular formula is C8H18N2. The molecule has 0 heterocycles. The van der Waals surface area contributed by atoms with Gasteiger partial charge in [0.2, 0.25) is 0 Å². The molecule has 0 amide bonds. The van der Waals surface area contributed by atoms with Crippen molar-refractivity contribution in [2.75, 3.05) is 6.54 Å². The largest absolute Gasteiger partial charge is 0.330 e. The van der Waals surface area contributed by atoms with E-state index in [-0.39, 0.29) is 0 Å². The van der Waals surface area contributed by atoms with Crippen LogP contribution in [0.2, 0.25) is 0 Å². The third-order valence-electron chi connectivity index (χ3n) is 2.74. The summed E-state index contributed by atoms with van der Waals surface area (Å²) in [6.45, 7) is 3.08. The van der Waals surface area contributed by atoms with Crippen molar-refractivity contribution in [1.29, 1.82) is 0 Å². The van der Waals surface area contributed by atoms with Crippen LogP contribution in [0.25, 0.3) is 0 Å². The lowest BCUT2D eigenvalue weighted by molar-refractivity contribution is 0.366. The normalized spacial score (nSPS) is 40.5. The summed E-state index contributed by atoms with van der Waals surface area (Å²) in [4.78, 5) is 0. The zero-order valence-electron chi connectivity index (χ0n) is 6.72. The van der Waals surface area contributed by atoms with Crippen LogP contribution in [0.15, 0.2) is 0 Å². The van der Waals surface area contributed by atoms with Gasteiger partial charge in [-0.05, 0) is 37.6 Å². The summed E-state index contributed by atoms with van der Waals surface area (Å²) >= 11 is 0. The van der Waals surface area contributed by atoms with E-state index in [1.165, 1.54) is 12.8 Å². The molecule has 3 atom stereocenters. The Morgan fingerprint density at radius 2 is 2.10 bits per heavy atom. The fourth-order valence-corrected chi connectivity index (χ4v) is 2.00. The van der Waals surface area contributed by atoms with Crippen molar-refractivity contribution in [3.63, 3.8) is 0 Å². The van der Waals surface area contributed by atoms with E-state index >= 15 is 0 Å². The molecule has 0 saturated heterocycles. The van der Waals surface area contributed by atoms with Crippen LogP contribution in [0.1, 0.15) is 26.2 Å². The fourth-order valence-electron chi connectivity index (χ4n) is 2.00. The number of nitrogens with two attached hydrogens (primary N) is 2. The van der Waals surface area contributed by atoms with Gasteiger partial charge in [-0.3, -0.25) is 0 Å². The van der Waals surface area contributed by atoms with Crippen molar-refractivity contribution in [1.82, 2.24) is 0 Å². The molecule has 4 N–H and O–H groups in total. The minimum atomic E-state index is 0.429. The van der Waals surface area contributed by atoms with Gasteiger partial charge < -0.3 is 11.5 Å². The van der Waals surface area contributed by atoms with Crippen molar-refractivity contribution in [3.8, 4) is 0 Å². The van der Waals surface area contributed by atoms with Crippen LogP contribution in [0.4, 0.5) is 0 Å². The van der Waals surface area contributed by atoms with E-state index < -0.39 is 0 Å². The summed E-state index contributed by atoms with van der Waals surface area (Å²) in [7, 11) is 0. The average molecular weight is 142 g/mol. The van der Waals surface area contributed by atoms with Gasteiger partial charge in [0.05, 0.1) is 0 Å². The van der Waals surface area contributed by atoms with Gasteiger partial charge in [-0.15, -0.1) is 0 Å². The van der Waals surface area contributed by atoms with E-state index in [2.05, 4.69) is 6.92 Å². The van der Waals surface area contributed by atoms with Gasteiger partial charge in [-0.1, -0.05) is 6.92 Å². The Bertz CT molecular complexity index is 93.4. The Morgan fingerprint density at radius 1 is 1.40 bits per heavy atom. The van der Waals surface area contributed by atoms with Gasteiger partial charge in [0.1, 0.15) is 0 Å². The molecule has 1 rings (SSSR count). The molecule has 10 heavy (non-hydrogen) atoms. The molecular weight excluding hydrogens is 124 g/mol. The van der Waals surface area contributed by atoms with Crippen molar-refractivity contribution in [3.05, 3.63) is 0 Å². The zero-order chi connectivity index (χ0) is 7.56. The molecule has 1 saturated carbocycles. The van der Waals surface area contributed by atoms with Crippen molar-refractivity contribution in [2.45, 2.75) is 32.2 Å². The standard InChI is InChI=1S/C8H18N2/c1-6-2-3-8(10)7(6)4-5-9/h6-8H,2-5,9-10H2,1H3. The second-order valence-corrected chi connectivity index (χ2v) is 3.46. The van der Waals surface area contributed by atoms with Gasteiger partial charge in [0, 0.05) is 6.04 Å². The third kappa shape index (κ3) is 1.50. The molecule has 1 aliphatic carbocycles. The topological polar surface area (TPSA) is 52.0 Å². The highest BCUT2D eigenvalue weighted by molar-refractivity contribution is 4.84. The molecule has 0 aromatic heterocycles. The van der Waals surface area contributed by atoms with Crippen LogP contribution in [-0.2, 0) is 0 Å². The highest BCUT2D eigenvalue weighted by Crippen LogP contribution is 2.32. The Kier molecular flexibility index (Phi) is 2.69. The second kappa shape index (κ2) is 3.35. The molecule has 3 unspecified atom stereocenters. The van der Waals surface area contributed by atoms with E-state index in [4.69, 9.17) is 11.5 Å². The van der Waals surface area contributed by atoms with Gasteiger partial charge in [0.25, 0.3) is 0 Å². The molecule has 60 valence electrons. The van der Waals surface area contributed by atoms with Crippen molar-refractivity contribution >= 4 is 0 Å². The minimum absolute atomic E-state index is 0.429. The predicted octanol–water partition coefficient (Wildman–Crippen LogP) is 0.709. The molecule has 1 aliphatic rings. The summed E-state index contributed by atoms with van der Waals surface area (Å²) < 4.78 is 0. The maximum atomic E-state index is 5.90. The molecule has 0 bridgehead atoms. The van der Waals surface area contributed by atoms with E-state index in [1.54, 1.807) is 0 Å². The number of rotatable bonds is 2. The lowest BCUT2D eigenvalue weighted by Crippen LogP contribution is -2.28. The van der Waals surface area contributed by atoms with Crippen LogP contribution in [0.3, 0.4) is 0 Å². The molecule has 1 fully saturated rings. The average Bonchev–Trinajstić information content (AvgIpc) is 2.20. The molecule has 0 aromatic carbocycles. The molecule has 0 spiro atoms. The Hall–Kier alpha value is -0.0800. The first-order valence-electron chi connectivity index (χ1n) is 4.21. The van der Waals surface area contributed by atoms with Crippen LogP contribution in [-0.4, -0.2) is 12.6 Å². The lowest BCUT2D eigenvalue weighted by Gasteiger charge is -2.18. The van der Waals surface area contributed by atoms with Gasteiger partial charge in [0.15, 0.2) is 0 Å². The summed E-state index contributed by atoms with van der Waals surface area (Å²) in [5.74, 6) is 1.50. The van der Waals surface area contributed by atoms with Gasteiger partial charge in [-0.25, -0.2) is 0 Å². The summed E-state index contributed by atoms with van der Waals surface area (Å²) in [5, 5.41) is 0. The quantitative estimate of drug-likeness (QED) is 0.596. The second-order valence-electron chi connectivity index (χ2n) is 3.46. The monoisotopic (exact) mass is 142 g/mol. The third-order valence-corrected chi connectivity index (χ3v) is 2.74. The first-order chi connectivity index (χ1) is 4.75. The van der Waals surface area contributed by atoms with E-state index in [9.17, 15) is 0 Å². The predicted molar refractivity (Wildman–Crippen MR) is 43.5 cm³/mol. The van der Waals surface area contributed by atoms with E-state index in [1.807, 2.05) is 0 Å². The number of hydrogen-bond acceptors (Lipinski definition) is 2. The zero-order valence-corrected chi connectivity index (χ0v) is 6.72. The molecule has 0 radical (unpaired) electrons. The molecule has 0 aliphatic heterocycles. The van der Waals surface area contributed by atoms with E-state index in [0.29, 0.717) is 12.0 Å². The highest BCUT2D eigenvalue weighted by Gasteiger charge is 2.29. The van der Waals surface area contributed by atoms with Crippen LogP contribution in [0, 0.1) is 11.8 Å². The molecule has 0 aromatic rings. The maximum Gasteiger partial charge on any atom is 0.00702 e. The molecule has 2 heteroatoms. The Morgan fingerprint density at radius 3 is 2.50 bits per heavy atom. The van der Waals surface area contributed by atoms with Gasteiger partial charge in [-0.2, -0.15) is 0 Å². The minimum Gasteiger partial charge on any atom is -0.330 e. The van der Waals surface area contributed by atoms with Crippen LogP contribution >= 0.6 is 0 Å². The SMILES string of the molecule is CC1CCC(N)C1CCN. The summed E-state index contributed by atoms with van der Waals surface area (Å²) in [6, 6.07) is 0.429. The van der Waals surface area contributed by atoms with Crippen molar-refractivity contribution in [2.24, 2.45) is 23.3 Å². The Balaban J connectivity index is 2.38. The van der Waals surface area contributed by atoms with Crippen LogP contribution in [0.5, 0.6) is 0 Å². The highest BCUT2D eigenvalue weighted by atomic mass is 14.7. The van der Waals surface area contributed by atoms with Crippen LogP contribution < -0.4 is 11.5 Å². The fraction of sp³-hybridized carbons (Fsp3) is 1.00. The first-order valence-corrected chi connectivity index (χ1v) is 4.21. The smallest absolute Gasteiger partial charge is 0.00702 e. The van der Waals surface area contributed by atoms with E-state index in [0.717, 1.165) is 18.9 Å². The lowest BCUT2D eigenvalue weighted by atomic mass is 9.92.